The number of carbonyl (C=O) groups excluding carboxylic acids is 1. The molecule has 0 aliphatic heterocycles. The minimum absolute atomic E-state index is 0.218. The van der Waals surface area contributed by atoms with Crippen LogP contribution in [-0.2, 0) is 16.0 Å². The molecule has 2 N–H and O–H groups in total. The van der Waals surface area contributed by atoms with Crippen molar-refractivity contribution in [2.45, 2.75) is 44.6 Å². The Labute approximate surface area is 124 Å². The van der Waals surface area contributed by atoms with Gasteiger partial charge in [0.2, 0.25) is 5.91 Å². The van der Waals surface area contributed by atoms with Crippen LogP contribution in [0.3, 0.4) is 0 Å². The Bertz CT molecular complexity index is 526. The lowest BCUT2D eigenvalue weighted by molar-refractivity contribution is -0.141. The molecule has 0 fully saturated rings. The molecule has 1 unspecified atom stereocenters. The molecule has 1 aliphatic rings. The Balaban J connectivity index is 1.91. The van der Waals surface area contributed by atoms with E-state index in [0.29, 0.717) is 6.42 Å². The lowest BCUT2D eigenvalue weighted by atomic mass is 9.97. The van der Waals surface area contributed by atoms with Crippen molar-refractivity contribution in [3.8, 4) is 0 Å². The summed E-state index contributed by atoms with van der Waals surface area (Å²) in [6.45, 7) is 0. The maximum absolute atomic E-state index is 12.0. The standard InChI is InChI=1S/C16H20N2O3/c19-15(11-12-4-2-1-3-5-12)18-14(16(20)21)10-13-6-8-17-9-7-13/h4,6-9,14H,1-3,5,10-11H2,(H,18,19)(H,20,21). The monoisotopic (exact) mass is 288 g/mol. The highest BCUT2D eigenvalue weighted by Gasteiger charge is 2.21. The fourth-order valence-electron chi connectivity index (χ4n) is 2.47. The second-order valence-electron chi connectivity index (χ2n) is 5.30. The molecule has 1 amide bonds. The van der Waals surface area contributed by atoms with Gasteiger partial charge in [0.25, 0.3) is 0 Å². The van der Waals surface area contributed by atoms with E-state index in [1.54, 1.807) is 24.5 Å². The summed E-state index contributed by atoms with van der Waals surface area (Å²) < 4.78 is 0. The number of carboxylic acids is 1. The first kappa shape index (κ1) is 15.2. The summed E-state index contributed by atoms with van der Waals surface area (Å²) in [5.74, 6) is -1.23. The number of allylic oxidation sites excluding steroid dienone is 1. The third-order valence-electron chi connectivity index (χ3n) is 3.60. The van der Waals surface area contributed by atoms with Crippen LogP contribution in [0.2, 0.25) is 0 Å². The van der Waals surface area contributed by atoms with Crippen LogP contribution in [0.15, 0.2) is 36.2 Å². The molecule has 1 aromatic rings. The van der Waals surface area contributed by atoms with Crippen molar-refractivity contribution >= 4 is 11.9 Å². The normalized spacial score (nSPS) is 15.9. The first-order valence-electron chi connectivity index (χ1n) is 7.24. The first-order valence-corrected chi connectivity index (χ1v) is 7.24. The van der Waals surface area contributed by atoms with Crippen LogP contribution in [0.5, 0.6) is 0 Å². The van der Waals surface area contributed by atoms with Crippen molar-refractivity contribution < 1.29 is 14.7 Å². The summed E-state index contributed by atoms with van der Waals surface area (Å²) in [5.41, 5.74) is 1.96. The van der Waals surface area contributed by atoms with Crippen LogP contribution in [-0.4, -0.2) is 28.0 Å². The number of nitrogens with zero attached hydrogens (tertiary/aromatic N) is 1. The summed E-state index contributed by atoms with van der Waals surface area (Å²) in [4.78, 5) is 27.2. The summed E-state index contributed by atoms with van der Waals surface area (Å²) in [6, 6.07) is 2.61. The summed E-state index contributed by atoms with van der Waals surface area (Å²) in [7, 11) is 0. The third-order valence-corrected chi connectivity index (χ3v) is 3.60. The molecule has 1 aromatic heterocycles. The topological polar surface area (TPSA) is 79.3 Å². The number of nitrogens with one attached hydrogen (secondary N) is 1. The Hall–Kier alpha value is -2.17. The van der Waals surface area contributed by atoms with Gasteiger partial charge in [-0.1, -0.05) is 11.6 Å². The molecule has 0 bridgehead atoms. The van der Waals surface area contributed by atoms with Crippen LogP contribution in [0.4, 0.5) is 0 Å². The summed E-state index contributed by atoms with van der Waals surface area (Å²) in [6.07, 6.45) is 10.1. The predicted molar refractivity (Wildman–Crippen MR) is 78.7 cm³/mol. The largest absolute Gasteiger partial charge is 0.480 e. The fraction of sp³-hybridized carbons (Fsp3) is 0.438. The van der Waals surface area contributed by atoms with Crippen LogP contribution >= 0.6 is 0 Å². The van der Waals surface area contributed by atoms with E-state index in [4.69, 9.17) is 0 Å². The van der Waals surface area contributed by atoms with Crippen LogP contribution in [0.1, 0.15) is 37.7 Å². The molecule has 5 heteroatoms. The highest BCUT2D eigenvalue weighted by Crippen LogP contribution is 2.19. The molecule has 1 atom stereocenters. The quantitative estimate of drug-likeness (QED) is 0.785. The molecule has 0 saturated carbocycles. The number of hydrogen-bond donors (Lipinski definition) is 2. The van der Waals surface area contributed by atoms with Gasteiger partial charge in [-0.2, -0.15) is 0 Å². The van der Waals surface area contributed by atoms with Gasteiger partial charge in [0.1, 0.15) is 6.04 Å². The Kier molecular flexibility index (Phi) is 5.49. The molecule has 21 heavy (non-hydrogen) atoms. The van der Waals surface area contributed by atoms with Crippen molar-refractivity contribution in [2.75, 3.05) is 0 Å². The smallest absolute Gasteiger partial charge is 0.326 e. The highest BCUT2D eigenvalue weighted by molar-refractivity contribution is 5.85. The first-order chi connectivity index (χ1) is 10.1. The van der Waals surface area contributed by atoms with Gasteiger partial charge in [-0.25, -0.2) is 4.79 Å². The van der Waals surface area contributed by atoms with Crippen LogP contribution in [0.25, 0.3) is 0 Å². The van der Waals surface area contributed by atoms with Gasteiger partial charge in [0.05, 0.1) is 0 Å². The average molecular weight is 288 g/mol. The van der Waals surface area contributed by atoms with E-state index in [1.165, 1.54) is 6.42 Å². The van der Waals surface area contributed by atoms with Gasteiger partial charge in [-0.15, -0.1) is 0 Å². The molecule has 5 nitrogen and oxygen atoms in total. The zero-order chi connectivity index (χ0) is 15.1. The van der Waals surface area contributed by atoms with Crippen LogP contribution < -0.4 is 5.32 Å². The van der Waals surface area contributed by atoms with E-state index in [2.05, 4.69) is 16.4 Å². The lowest BCUT2D eigenvalue weighted by Gasteiger charge is -2.16. The minimum atomic E-state index is -1.02. The minimum Gasteiger partial charge on any atom is -0.480 e. The molecule has 112 valence electrons. The molecule has 1 aliphatic carbocycles. The second kappa shape index (κ2) is 7.57. The molecule has 0 saturated heterocycles. The number of carboxylic acid groups (broad SMARTS) is 1. The predicted octanol–water partition coefficient (Wildman–Crippen LogP) is 2.08. The van der Waals surface area contributed by atoms with E-state index < -0.39 is 12.0 Å². The van der Waals surface area contributed by atoms with Crippen LogP contribution in [0, 0.1) is 0 Å². The Morgan fingerprint density at radius 1 is 1.29 bits per heavy atom. The van der Waals surface area contributed by atoms with Crippen molar-refractivity contribution in [1.29, 1.82) is 0 Å². The van der Waals surface area contributed by atoms with E-state index >= 15 is 0 Å². The number of rotatable bonds is 6. The van der Waals surface area contributed by atoms with Crippen molar-refractivity contribution in [3.63, 3.8) is 0 Å². The maximum atomic E-state index is 12.0. The molecule has 0 aromatic carbocycles. The van der Waals surface area contributed by atoms with Gasteiger partial charge >= 0.3 is 5.97 Å². The fourth-order valence-corrected chi connectivity index (χ4v) is 2.47. The third kappa shape index (κ3) is 5.02. The van der Waals surface area contributed by atoms with E-state index in [1.807, 2.05) is 0 Å². The molecular weight excluding hydrogens is 268 g/mol. The zero-order valence-electron chi connectivity index (χ0n) is 11.9. The van der Waals surface area contributed by atoms with E-state index in [9.17, 15) is 14.7 Å². The van der Waals surface area contributed by atoms with Gasteiger partial charge in [0.15, 0.2) is 0 Å². The Morgan fingerprint density at radius 2 is 2.05 bits per heavy atom. The Morgan fingerprint density at radius 3 is 2.67 bits per heavy atom. The van der Waals surface area contributed by atoms with E-state index in [0.717, 1.165) is 30.4 Å². The maximum Gasteiger partial charge on any atom is 0.326 e. The van der Waals surface area contributed by atoms with Crippen molar-refractivity contribution in [3.05, 3.63) is 41.7 Å². The summed E-state index contributed by atoms with van der Waals surface area (Å²) >= 11 is 0. The SMILES string of the molecule is O=C(CC1=CCCCC1)NC(Cc1ccncc1)C(=O)O. The number of amides is 1. The number of aliphatic carboxylic acids is 1. The van der Waals surface area contributed by atoms with Crippen molar-refractivity contribution in [2.24, 2.45) is 0 Å². The number of carbonyl (C=O) groups is 2. The molecular formula is C16H20N2O3. The molecule has 0 radical (unpaired) electrons. The average Bonchev–Trinajstić information content (AvgIpc) is 2.48. The zero-order valence-corrected chi connectivity index (χ0v) is 11.9. The summed E-state index contributed by atoms with van der Waals surface area (Å²) in [5, 5.41) is 11.9. The van der Waals surface area contributed by atoms with Gasteiger partial charge in [0, 0.05) is 25.2 Å². The second-order valence-corrected chi connectivity index (χ2v) is 5.30. The molecule has 1 heterocycles. The van der Waals surface area contributed by atoms with E-state index in [-0.39, 0.29) is 12.3 Å². The van der Waals surface area contributed by atoms with Gasteiger partial charge < -0.3 is 10.4 Å². The van der Waals surface area contributed by atoms with Gasteiger partial charge in [-0.05, 0) is 43.4 Å². The lowest BCUT2D eigenvalue weighted by Crippen LogP contribution is -2.42. The molecule has 2 rings (SSSR count). The van der Waals surface area contributed by atoms with Crippen molar-refractivity contribution in [1.82, 2.24) is 10.3 Å². The number of aromatic nitrogens is 1. The number of hydrogen-bond acceptors (Lipinski definition) is 3. The highest BCUT2D eigenvalue weighted by atomic mass is 16.4. The number of pyridine rings is 1. The molecule has 0 spiro atoms. The van der Waals surface area contributed by atoms with Gasteiger partial charge in [-0.3, -0.25) is 9.78 Å².